The van der Waals surface area contributed by atoms with Crippen molar-refractivity contribution < 1.29 is 23.8 Å². The van der Waals surface area contributed by atoms with Crippen molar-refractivity contribution in [3.8, 4) is 11.5 Å². The zero-order chi connectivity index (χ0) is 20.3. The number of cyclic esters (lactones) is 1. The van der Waals surface area contributed by atoms with Crippen LogP contribution in [0.5, 0.6) is 11.5 Å². The summed E-state index contributed by atoms with van der Waals surface area (Å²) >= 11 is 1.32. The molecule has 150 valence electrons. The second-order valence-corrected chi connectivity index (χ2v) is 8.08. The van der Waals surface area contributed by atoms with Crippen LogP contribution in [0.15, 0.2) is 18.2 Å². The third-order valence-corrected chi connectivity index (χ3v) is 5.57. The van der Waals surface area contributed by atoms with Gasteiger partial charge in [0.25, 0.3) is 0 Å². The number of benzene rings is 1. The van der Waals surface area contributed by atoms with E-state index in [0.29, 0.717) is 23.1 Å². The first-order valence-electron chi connectivity index (χ1n) is 8.88. The van der Waals surface area contributed by atoms with Crippen LogP contribution in [-0.2, 0) is 27.2 Å². The van der Waals surface area contributed by atoms with Crippen molar-refractivity contribution in [3.05, 3.63) is 28.8 Å². The van der Waals surface area contributed by atoms with E-state index < -0.39 is 11.5 Å². The van der Waals surface area contributed by atoms with E-state index in [4.69, 9.17) is 14.2 Å². The summed E-state index contributed by atoms with van der Waals surface area (Å²) in [6, 6.07) is 5.78. The molecule has 1 saturated heterocycles. The van der Waals surface area contributed by atoms with Crippen molar-refractivity contribution in [1.29, 1.82) is 0 Å². The molecular formula is C19H23N3O5S. The molecule has 0 spiro atoms. The van der Waals surface area contributed by atoms with Gasteiger partial charge in [-0.2, -0.15) is 0 Å². The monoisotopic (exact) mass is 405 g/mol. The van der Waals surface area contributed by atoms with Crippen LogP contribution in [0.2, 0.25) is 0 Å². The number of carbonyl (C=O) groups is 2. The number of carbonyl (C=O) groups excluding carboxylic acids is 2. The number of aromatic nitrogens is 2. The molecule has 3 rings (SSSR count). The molecule has 1 aromatic heterocycles. The third kappa shape index (κ3) is 4.41. The molecule has 1 N–H and O–H groups in total. The van der Waals surface area contributed by atoms with Gasteiger partial charge in [0, 0.05) is 6.42 Å². The number of rotatable bonds is 7. The fraction of sp³-hybridized carbons (Fsp3) is 0.474. The Hall–Kier alpha value is -2.68. The van der Waals surface area contributed by atoms with Gasteiger partial charge in [-0.3, -0.25) is 9.59 Å². The average Bonchev–Trinajstić information content (AvgIpc) is 3.21. The van der Waals surface area contributed by atoms with Gasteiger partial charge in [-0.15, -0.1) is 10.2 Å². The highest BCUT2D eigenvalue weighted by Crippen LogP contribution is 2.33. The van der Waals surface area contributed by atoms with Crippen LogP contribution in [0, 0.1) is 5.92 Å². The highest BCUT2D eigenvalue weighted by molar-refractivity contribution is 7.15. The van der Waals surface area contributed by atoms with Crippen LogP contribution in [0.3, 0.4) is 0 Å². The van der Waals surface area contributed by atoms with Crippen LogP contribution in [0.1, 0.15) is 30.8 Å². The summed E-state index contributed by atoms with van der Waals surface area (Å²) in [6.45, 7) is 3.47. The van der Waals surface area contributed by atoms with Crippen molar-refractivity contribution in [2.75, 3.05) is 19.5 Å². The minimum absolute atomic E-state index is 0.0732. The van der Waals surface area contributed by atoms with Gasteiger partial charge in [0.15, 0.2) is 11.5 Å². The maximum atomic E-state index is 12.5. The molecule has 0 aliphatic carbocycles. The molecule has 2 aromatic rings. The van der Waals surface area contributed by atoms with Gasteiger partial charge >= 0.3 is 5.97 Å². The summed E-state index contributed by atoms with van der Waals surface area (Å²) in [7, 11) is 3.20. The molecule has 1 aliphatic heterocycles. The molecule has 9 heteroatoms. The topological polar surface area (TPSA) is 99.6 Å². The Morgan fingerprint density at radius 1 is 1.25 bits per heavy atom. The van der Waals surface area contributed by atoms with Gasteiger partial charge in [-0.25, -0.2) is 0 Å². The summed E-state index contributed by atoms with van der Waals surface area (Å²) in [6.07, 6.45) is 1.50. The number of methoxy groups -OCH3 is 2. The van der Waals surface area contributed by atoms with E-state index in [1.54, 1.807) is 28.1 Å². The van der Waals surface area contributed by atoms with E-state index in [1.807, 2.05) is 18.2 Å². The number of amides is 1. The lowest BCUT2D eigenvalue weighted by atomic mass is 9.90. The molecule has 1 aromatic carbocycles. The molecule has 28 heavy (non-hydrogen) atoms. The van der Waals surface area contributed by atoms with Crippen molar-refractivity contribution >= 4 is 28.3 Å². The maximum absolute atomic E-state index is 12.5. The maximum Gasteiger partial charge on any atom is 0.307 e. The SMILES string of the molecule is COc1ccc(CCc2nnc(NC(=O)C3CC(=O)OC3(C)C)s2)cc1OC. The molecular weight excluding hydrogens is 382 g/mol. The predicted octanol–water partition coefficient (Wildman–Crippen LogP) is 2.62. The van der Waals surface area contributed by atoms with Crippen molar-refractivity contribution in [3.63, 3.8) is 0 Å². The second kappa shape index (κ2) is 8.14. The van der Waals surface area contributed by atoms with Crippen LogP contribution in [-0.4, -0.2) is 41.9 Å². The summed E-state index contributed by atoms with van der Waals surface area (Å²) in [5, 5.41) is 12.1. The van der Waals surface area contributed by atoms with Gasteiger partial charge in [0.2, 0.25) is 11.0 Å². The Kier molecular flexibility index (Phi) is 5.83. The average molecular weight is 405 g/mol. The summed E-state index contributed by atoms with van der Waals surface area (Å²) in [5.74, 6) is 0.182. The van der Waals surface area contributed by atoms with Crippen LogP contribution >= 0.6 is 11.3 Å². The predicted molar refractivity (Wildman–Crippen MR) is 104 cm³/mol. The second-order valence-electron chi connectivity index (χ2n) is 7.01. The normalized spacial score (nSPS) is 17.9. The minimum Gasteiger partial charge on any atom is -0.493 e. The van der Waals surface area contributed by atoms with Crippen LogP contribution in [0.25, 0.3) is 0 Å². The smallest absolute Gasteiger partial charge is 0.307 e. The summed E-state index contributed by atoms with van der Waals surface area (Å²) in [5.41, 5.74) is 0.268. The molecule has 2 heterocycles. The third-order valence-electron chi connectivity index (χ3n) is 4.68. The fourth-order valence-corrected chi connectivity index (χ4v) is 3.85. The van der Waals surface area contributed by atoms with Gasteiger partial charge in [-0.05, 0) is 38.0 Å². The number of aryl methyl sites for hydroxylation is 2. The number of hydrogen-bond donors (Lipinski definition) is 1. The number of nitrogens with zero attached hydrogens (tertiary/aromatic N) is 2. The molecule has 1 unspecified atom stereocenters. The molecule has 0 bridgehead atoms. The largest absolute Gasteiger partial charge is 0.493 e. The molecule has 1 atom stereocenters. The Balaban J connectivity index is 1.59. The molecule has 1 aliphatic rings. The lowest BCUT2D eigenvalue weighted by molar-refractivity contribution is -0.147. The standard InChI is InChI=1S/C19H23N3O5S/c1-19(2)12(10-16(23)27-19)17(24)20-18-22-21-15(28-18)8-6-11-5-7-13(25-3)14(9-11)26-4/h5,7,9,12H,6,8,10H2,1-4H3,(H,20,22,24). The first-order chi connectivity index (χ1) is 13.3. The Morgan fingerprint density at radius 3 is 2.64 bits per heavy atom. The van der Waals surface area contributed by atoms with Crippen molar-refractivity contribution in [2.24, 2.45) is 5.92 Å². The molecule has 0 saturated carbocycles. The summed E-state index contributed by atoms with van der Waals surface area (Å²) < 4.78 is 15.8. The fourth-order valence-electron chi connectivity index (χ4n) is 3.11. The van der Waals surface area contributed by atoms with E-state index in [9.17, 15) is 9.59 Å². The van der Waals surface area contributed by atoms with Crippen LogP contribution in [0.4, 0.5) is 5.13 Å². The Morgan fingerprint density at radius 2 is 2.00 bits per heavy atom. The number of ether oxygens (including phenoxy) is 3. The lowest BCUT2D eigenvalue weighted by Gasteiger charge is -2.23. The number of hydrogen-bond acceptors (Lipinski definition) is 8. The Bertz CT molecular complexity index is 880. The van der Waals surface area contributed by atoms with E-state index in [2.05, 4.69) is 15.5 Å². The highest BCUT2D eigenvalue weighted by atomic mass is 32.1. The highest BCUT2D eigenvalue weighted by Gasteiger charge is 2.46. The minimum atomic E-state index is -0.817. The van der Waals surface area contributed by atoms with E-state index in [-0.39, 0.29) is 18.3 Å². The van der Waals surface area contributed by atoms with Gasteiger partial charge in [-0.1, -0.05) is 17.4 Å². The van der Waals surface area contributed by atoms with Crippen LogP contribution < -0.4 is 14.8 Å². The zero-order valence-electron chi connectivity index (χ0n) is 16.3. The quantitative estimate of drug-likeness (QED) is 0.707. The zero-order valence-corrected chi connectivity index (χ0v) is 17.1. The van der Waals surface area contributed by atoms with Gasteiger partial charge in [0.05, 0.1) is 26.6 Å². The van der Waals surface area contributed by atoms with Gasteiger partial charge < -0.3 is 19.5 Å². The number of nitrogens with one attached hydrogen (secondary N) is 1. The van der Waals surface area contributed by atoms with E-state index in [1.165, 1.54) is 11.3 Å². The van der Waals surface area contributed by atoms with Crippen molar-refractivity contribution in [1.82, 2.24) is 10.2 Å². The molecule has 0 radical (unpaired) electrons. The van der Waals surface area contributed by atoms with Gasteiger partial charge in [0.1, 0.15) is 10.6 Å². The Labute approximate surface area is 167 Å². The van der Waals surface area contributed by atoms with Crippen molar-refractivity contribution in [2.45, 2.75) is 38.7 Å². The summed E-state index contributed by atoms with van der Waals surface area (Å²) in [4.78, 5) is 24.0. The molecule has 8 nitrogen and oxygen atoms in total. The molecule has 1 amide bonds. The first-order valence-corrected chi connectivity index (χ1v) is 9.70. The lowest BCUT2D eigenvalue weighted by Crippen LogP contribution is -2.36. The number of esters is 1. The number of anilines is 1. The molecule has 1 fully saturated rings. The first kappa shape index (κ1) is 20.1. The van der Waals surface area contributed by atoms with E-state index >= 15 is 0 Å². The van der Waals surface area contributed by atoms with E-state index in [0.717, 1.165) is 17.0 Å².